The summed E-state index contributed by atoms with van der Waals surface area (Å²) in [4.78, 5) is 13.7. The van der Waals surface area contributed by atoms with Crippen LogP contribution in [-0.2, 0) is 4.79 Å². The van der Waals surface area contributed by atoms with Crippen molar-refractivity contribution >= 4 is 5.91 Å². The van der Waals surface area contributed by atoms with E-state index in [9.17, 15) is 4.79 Å². The molecule has 3 nitrogen and oxygen atoms in total. The smallest absolute Gasteiger partial charge is 0.239 e. The third-order valence-corrected chi connectivity index (χ3v) is 2.42. The van der Waals surface area contributed by atoms with Crippen LogP contribution in [0.1, 0.15) is 26.7 Å². The van der Waals surface area contributed by atoms with E-state index in [0.717, 1.165) is 32.5 Å². The monoisotopic (exact) mass is 194 g/mol. The summed E-state index contributed by atoms with van der Waals surface area (Å²) in [6, 6.07) is -0.0351. The van der Waals surface area contributed by atoms with Gasteiger partial charge in [0.2, 0.25) is 5.91 Å². The van der Waals surface area contributed by atoms with Gasteiger partial charge in [-0.05, 0) is 26.8 Å². The molecule has 0 aromatic carbocycles. The number of nitrogens with zero attached hydrogens (tertiary/aromatic N) is 1. The second kappa shape index (κ2) is 5.66. The number of carbonyl (C=O) groups excluding carboxylic acids is 1. The minimum Gasteiger partial charge on any atom is -0.340 e. The molecule has 1 fully saturated rings. The van der Waals surface area contributed by atoms with Crippen LogP contribution in [0.3, 0.4) is 0 Å². The molecule has 1 aliphatic rings. The van der Waals surface area contributed by atoms with Crippen LogP contribution in [0.5, 0.6) is 0 Å². The number of hydrogen-bond acceptors (Lipinski definition) is 2. The molecule has 0 radical (unpaired) electrons. The lowest BCUT2D eigenvalue weighted by Gasteiger charge is -2.21. The summed E-state index contributed by atoms with van der Waals surface area (Å²) in [5, 5.41) is 3.19. The summed E-state index contributed by atoms with van der Waals surface area (Å²) in [7, 11) is 0. The maximum Gasteiger partial charge on any atom is 0.239 e. The molecule has 0 bridgehead atoms. The van der Waals surface area contributed by atoms with Crippen molar-refractivity contribution in [1.29, 1.82) is 0 Å². The number of nitrogens with one attached hydrogen (secondary N) is 1. The molecule has 1 aliphatic heterocycles. The van der Waals surface area contributed by atoms with Crippen LogP contribution >= 0.6 is 0 Å². The van der Waals surface area contributed by atoms with Crippen molar-refractivity contribution in [2.24, 2.45) is 0 Å². The summed E-state index contributed by atoms with van der Waals surface area (Å²) in [5.74, 6) is 6.04. The van der Waals surface area contributed by atoms with E-state index in [-0.39, 0.29) is 11.9 Å². The molecule has 1 rings (SSSR count). The Morgan fingerprint density at radius 1 is 1.64 bits per heavy atom. The zero-order valence-electron chi connectivity index (χ0n) is 8.97. The SMILES string of the molecule is CC#CCCN1CCCNC(C)C1=O. The van der Waals surface area contributed by atoms with E-state index in [1.165, 1.54) is 0 Å². The van der Waals surface area contributed by atoms with Crippen LogP contribution in [0.2, 0.25) is 0 Å². The van der Waals surface area contributed by atoms with Gasteiger partial charge in [0.15, 0.2) is 0 Å². The van der Waals surface area contributed by atoms with Gasteiger partial charge in [-0.15, -0.1) is 11.8 Å². The van der Waals surface area contributed by atoms with Crippen molar-refractivity contribution in [1.82, 2.24) is 10.2 Å². The van der Waals surface area contributed by atoms with Crippen LogP contribution < -0.4 is 5.32 Å². The zero-order chi connectivity index (χ0) is 10.4. The van der Waals surface area contributed by atoms with Crippen molar-refractivity contribution < 1.29 is 4.79 Å². The maximum atomic E-state index is 11.8. The predicted octanol–water partition coefficient (Wildman–Crippen LogP) is 0.610. The first-order chi connectivity index (χ1) is 6.75. The molecule has 1 atom stereocenters. The summed E-state index contributed by atoms with van der Waals surface area (Å²) < 4.78 is 0. The normalized spacial score (nSPS) is 22.6. The van der Waals surface area contributed by atoms with Crippen molar-refractivity contribution in [2.45, 2.75) is 32.7 Å². The molecule has 0 aromatic rings. The van der Waals surface area contributed by atoms with E-state index in [0.29, 0.717) is 0 Å². The Morgan fingerprint density at radius 2 is 2.43 bits per heavy atom. The topological polar surface area (TPSA) is 32.3 Å². The molecule has 14 heavy (non-hydrogen) atoms. The summed E-state index contributed by atoms with van der Waals surface area (Å²) in [6.07, 6.45) is 1.82. The van der Waals surface area contributed by atoms with Gasteiger partial charge < -0.3 is 10.2 Å². The molecule has 0 saturated carbocycles. The first-order valence-electron chi connectivity index (χ1n) is 5.17. The third kappa shape index (κ3) is 3.04. The van der Waals surface area contributed by atoms with Gasteiger partial charge in [-0.25, -0.2) is 0 Å². The average Bonchev–Trinajstić information content (AvgIpc) is 2.33. The molecule has 1 amide bonds. The van der Waals surface area contributed by atoms with Crippen LogP contribution in [0.25, 0.3) is 0 Å². The first kappa shape index (κ1) is 11.1. The van der Waals surface area contributed by atoms with Gasteiger partial charge in [0.05, 0.1) is 6.04 Å². The average molecular weight is 194 g/mol. The lowest BCUT2D eigenvalue weighted by Crippen LogP contribution is -2.41. The molecule has 78 valence electrons. The molecule has 1 unspecified atom stereocenters. The highest BCUT2D eigenvalue weighted by Gasteiger charge is 2.21. The van der Waals surface area contributed by atoms with Crippen molar-refractivity contribution in [3.63, 3.8) is 0 Å². The Bertz CT molecular complexity index is 252. The predicted molar refractivity (Wildman–Crippen MR) is 56.7 cm³/mol. The largest absolute Gasteiger partial charge is 0.340 e. The molecule has 0 aromatic heterocycles. The third-order valence-electron chi connectivity index (χ3n) is 2.42. The van der Waals surface area contributed by atoms with E-state index in [2.05, 4.69) is 17.2 Å². The fraction of sp³-hybridized carbons (Fsp3) is 0.727. The van der Waals surface area contributed by atoms with Crippen LogP contribution in [0.4, 0.5) is 0 Å². The Hall–Kier alpha value is -1.01. The fourth-order valence-corrected chi connectivity index (χ4v) is 1.60. The lowest BCUT2D eigenvalue weighted by atomic mass is 10.3. The number of rotatable bonds is 2. The van der Waals surface area contributed by atoms with Crippen LogP contribution in [0.15, 0.2) is 0 Å². The second-order valence-corrected chi connectivity index (χ2v) is 3.53. The summed E-state index contributed by atoms with van der Waals surface area (Å²) in [6.45, 7) is 6.32. The Balaban J connectivity index is 2.46. The standard InChI is InChI=1S/C11H18N2O/c1-3-4-5-8-13-9-6-7-12-10(2)11(13)14/h10,12H,5-9H2,1-2H3. The number of amides is 1. The van der Waals surface area contributed by atoms with Gasteiger partial charge in [0, 0.05) is 19.5 Å². The van der Waals surface area contributed by atoms with Gasteiger partial charge in [-0.1, -0.05) is 0 Å². The quantitative estimate of drug-likeness (QED) is 0.653. The Morgan fingerprint density at radius 3 is 3.14 bits per heavy atom. The maximum absolute atomic E-state index is 11.8. The second-order valence-electron chi connectivity index (χ2n) is 3.53. The molecule has 0 aliphatic carbocycles. The summed E-state index contributed by atoms with van der Waals surface area (Å²) in [5.41, 5.74) is 0. The molecule has 1 heterocycles. The van der Waals surface area contributed by atoms with Crippen molar-refractivity contribution in [3.05, 3.63) is 0 Å². The van der Waals surface area contributed by atoms with E-state index in [1.54, 1.807) is 0 Å². The van der Waals surface area contributed by atoms with E-state index < -0.39 is 0 Å². The van der Waals surface area contributed by atoms with Gasteiger partial charge >= 0.3 is 0 Å². The fourth-order valence-electron chi connectivity index (χ4n) is 1.60. The lowest BCUT2D eigenvalue weighted by molar-refractivity contribution is -0.132. The highest BCUT2D eigenvalue weighted by molar-refractivity contribution is 5.81. The van der Waals surface area contributed by atoms with Crippen LogP contribution in [-0.4, -0.2) is 36.5 Å². The number of hydrogen-bond donors (Lipinski definition) is 1. The van der Waals surface area contributed by atoms with Crippen molar-refractivity contribution in [2.75, 3.05) is 19.6 Å². The highest BCUT2D eigenvalue weighted by atomic mass is 16.2. The van der Waals surface area contributed by atoms with Crippen LogP contribution in [0, 0.1) is 11.8 Å². The number of carbonyl (C=O) groups is 1. The molecule has 0 spiro atoms. The molecule has 1 N–H and O–H groups in total. The molecule has 1 saturated heterocycles. The van der Waals surface area contributed by atoms with Gasteiger partial charge in [0.1, 0.15) is 0 Å². The Kier molecular flexibility index (Phi) is 4.48. The van der Waals surface area contributed by atoms with E-state index >= 15 is 0 Å². The molecular formula is C11H18N2O. The highest BCUT2D eigenvalue weighted by Crippen LogP contribution is 2.02. The van der Waals surface area contributed by atoms with Gasteiger partial charge in [-0.3, -0.25) is 4.79 Å². The molecule has 3 heteroatoms. The summed E-state index contributed by atoms with van der Waals surface area (Å²) >= 11 is 0. The zero-order valence-corrected chi connectivity index (χ0v) is 8.97. The molecular weight excluding hydrogens is 176 g/mol. The van der Waals surface area contributed by atoms with Gasteiger partial charge in [-0.2, -0.15) is 0 Å². The Labute approximate surface area is 85.9 Å². The van der Waals surface area contributed by atoms with E-state index in [4.69, 9.17) is 0 Å². The van der Waals surface area contributed by atoms with Gasteiger partial charge in [0.25, 0.3) is 0 Å². The first-order valence-corrected chi connectivity index (χ1v) is 5.17. The minimum atomic E-state index is -0.0351. The minimum absolute atomic E-state index is 0.0351. The van der Waals surface area contributed by atoms with E-state index in [1.807, 2.05) is 18.7 Å². The van der Waals surface area contributed by atoms with Crippen molar-refractivity contribution in [3.8, 4) is 11.8 Å².